The molecule has 0 aliphatic rings. The van der Waals surface area contributed by atoms with Crippen LogP contribution in [0.5, 0.6) is 0 Å². The van der Waals surface area contributed by atoms with Crippen LogP contribution in [-0.4, -0.2) is 45.2 Å². The second-order valence-electron chi connectivity index (χ2n) is 4.86. The van der Waals surface area contributed by atoms with Crippen molar-refractivity contribution in [2.45, 2.75) is 26.3 Å². The van der Waals surface area contributed by atoms with Crippen molar-refractivity contribution in [3.8, 4) is 0 Å². The van der Waals surface area contributed by atoms with E-state index >= 15 is 0 Å². The zero-order valence-electron chi connectivity index (χ0n) is 12.3. The minimum Gasteiger partial charge on any atom is -0.465 e. The van der Waals surface area contributed by atoms with Gasteiger partial charge >= 0.3 is 5.97 Å². The Morgan fingerprint density at radius 3 is 2.79 bits per heavy atom. The molecule has 0 fully saturated rings. The smallest absolute Gasteiger partial charge is 0.341 e. The van der Waals surface area contributed by atoms with Crippen LogP contribution in [0.25, 0.3) is 0 Å². The monoisotopic (exact) mass is 268 g/mol. The predicted octanol–water partition coefficient (Wildman–Crippen LogP) is 1.81. The van der Waals surface area contributed by atoms with Gasteiger partial charge in [0.15, 0.2) is 0 Å². The van der Waals surface area contributed by atoms with Crippen LogP contribution in [0.3, 0.4) is 0 Å². The number of ether oxygens (including phenoxy) is 1. The molecule has 5 nitrogen and oxygen atoms in total. The van der Waals surface area contributed by atoms with Crippen LogP contribution in [0.1, 0.15) is 34.7 Å². The lowest BCUT2D eigenvalue weighted by molar-refractivity contribution is 0.0599. The minimum absolute atomic E-state index is 0.349. The van der Waals surface area contributed by atoms with Crippen molar-refractivity contribution in [3.63, 3.8) is 0 Å². The number of methoxy groups -OCH3 is 1. The van der Waals surface area contributed by atoms with Crippen LogP contribution in [0.15, 0.2) is 10.5 Å². The van der Waals surface area contributed by atoms with Gasteiger partial charge in [0.05, 0.1) is 13.7 Å². The molecule has 0 bridgehead atoms. The number of esters is 1. The highest BCUT2D eigenvalue weighted by Gasteiger charge is 2.14. The summed E-state index contributed by atoms with van der Waals surface area (Å²) in [5.74, 6) is 1.03. The van der Waals surface area contributed by atoms with E-state index in [-0.39, 0.29) is 5.97 Å². The molecule has 0 amide bonds. The fourth-order valence-corrected chi connectivity index (χ4v) is 1.83. The molecule has 1 heterocycles. The molecule has 0 aliphatic carbocycles. The van der Waals surface area contributed by atoms with Gasteiger partial charge in [-0.3, -0.25) is 0 Å². The van der Waals surface area contributed by atoms with Gasteiger partial charge in [0.2, 0.25) is 0 Å². The Balaban J connectivity index is 2.28. The molecule has 0 unspecified atom stereocenters. The molecule has 0 atom stereocenters. The lowest BCUT2D eigenvalue weighted by Gasteiger charge is -2.08. The van der Waals surface area contributed by atoms with E-state index in [0.29, 0.717) is 17.9 Å². The largest absolute Gasteiger partial charge is 0.465 e. The normalized spacial score (nSPS) is 11.0. The van der Waals surface area contributed by atoms with Crippen molar-refractivity contribution in [1.29, 1.82) is 0 Å². The van der Waals surface area contributed by atoms with Gasteiger partial charge in [0.1, 0.15) is 17.1 Å². The Labute approximate surface area is 114 Å². The van der Waals surface area contributed by atoms with Crippen molar-refractivity contribution >= 4 is 5.97 Å². The van der Waals surface area contributed by atoms with Gasteiger partial charge in [0.25, 0.3) is 0 Å². The average Bonchev–Trinajstić information content (AvgIpc) is 2.73. The van der Waals surface area contributed by atoms with Gasteiger partial charge in [-0.15, -0.1) is 0 Å². The third-order valence-electron chi connectivity index (χ3n) is 2.88. The number of carbonyl (C=O) groups is 1. The molecule has 0 saturated heterocycles. The molecule has 1 N–H and O–H groups in total. The summed E-state index contributed by atoms with van der Waals surface area (Å²) in [6.07, 6.45) is 2.30. The van der Waals surface area contributed by atoms with E-state index in [1.165, 1.54) is 13.5 Å². The van der Waals surface area contributed by atoms with Crippen molar-refractivity contribution in [3.05, 3.63) is 23.2 Å². The van der Waals surface area contributed by atoms with Gasteiger partial charge < -0.3 is 19.4 Å². The third-order valence-corrected chi connectivity index (χ3v) is 2.88. The Kier molecular flexibility index (Phi) is 6.59. The molecule has 108 valence electrons. The topological polar surface area (TPSA) is 54.7 Å². The first kappa shape index (κ1) is 15.7. The van der Waals surface area contributed by atoms with Crippen molar-refractivity contribution < 1.29 is 13.9 Å². The number of hydrogen-bond acceptors (Lipinski definition) is 5. The number of hydrogen-bond donors (Lipinski definition) is 1. The SMILES string of the molecule is COC(=O)c1cc(CNCCCCN(C)C)oc1C. The van der Waals surface area contributed by atoms with E-state index < -0.39 is 0 Å². The summed E-state index contributed by atoms with van der Waals surface area (Å²) in [6, 6.07) is 1.74. The summed E-state index contributed by atoms with van der Waals surface area (Å²) in [6.45, 7) is 4.46. The number of unbranched alkanes of at least 4 members (excludes halogenated alkanes) is 1. The Morgan fingerprint density at radius 1 is 1.42 bits per heavy atom. The van der Waals surface area contributed by atoms with Gasteiger partial charge in [0, 0.05) is 0 Å². The molecule has 0 radical (unpaired) electrons. The average molecular weight is 268 g/mol. The molecule has 19 heavy (non-hydrogen) atoms. The van der Waals surface area contributed by atoms with Gasteiger partial charge in [-0.1, -0.05) is 0 Å². The molecule has 1 rings (SSSR count). The quantitative estimate of drug-likeness (QED) is 0.575. The molecular weight excluding hydrogens is 244 g/mol. The number of aryl methyl sites for hydroxylation is 1. The minimum atomic E-state index is -0.349. The first-order chi connectivity index (χ1) is 9.04. The fraction of sp³-hybridized carbons (Fsp3) is 0.643. The number of nitrogens with one attached hydrogen (secondary N) is 1. The second-order valence-corrected chi connectivity index (χ2v) is 4.86. The van der Waals surface area contributed by atoms with Crippen LogP contribution in [-0.2, 0) is 11.3 Å². The second kappa shape index (κ2) is 7.96. The summed E-state index contributed by atoms with van der Waals surface area (Å²) >= 11 is 0. The lowest BCUT2D eigenvalue weighted by Crippen LogP contribution is -2.17. The predicted molar refractivity (Wildman–Crippen MR) is 74.3 cm³/mol. The summed E-state index contributed by atoms with van der Waals surface area (Å²) in [5, 5.41) is 3.31. The molecule has 1 aromatic heterocycles. The molecule has 0 aliphatic heterocycles. The highest BCUT2D eigenvalue weighted by molar-refractivity contribution is 5.90. The standard InChI is InChI=1S/C14H24N2O3/c1-11-13(14(17)18-4)9-12(19-11)10-15-7-5-6-8-16(2)3/h9,15H,5-8,10H2,1-4H3. The van der Waals surface area contributed by atoms with Gasteiger partial charge in [-0.25, -0.2) is 4.79 Å². The summed E-state index contributed by atoms with van der Waals surface area (Å²) in [5.41, 5.74) is 0.506. The number of nitrogens with zero attached hydrogens (tertiary/aromatic N) is 1. The number of rotatable bonds is 8. The van der Waals surface area contributed by atoms with Crippen molar-refractivity contribution in [1.82, 2.24) is 10.2 Å². The van der Waals surface area contributed by atoms with Crippen LogP contribution in [0.4, 0.5) is 0 Å². The van der Waals surface area contributed by atoms with E-state index in [2.05, 4.69) is 29.0 Å². The summed E-state index contributed by atoms with van der Waals surface area (Å²) in [7, 11) is 5.53. The highest BCUT2D eigenvalue weighted by atomic mass is 16.5. The van der Waals surface area contributed by atoms with Crippen molar-refractivity contribution in [2.24, 2.45) is 0 Å². The van der Waals surface area contributed by atoms with Crippen LogP contribution >= 0.6 is 0 Å². The molecule has 0 aromatic carbocycles. The molecule has 1 aromatic rings. The van der Waals surface area contributed by atoms with E-state index in [0.717, 1.165) is 25.3 Å². The number of carbonyl (C=O) groups excluding carboxylic acids is 1. The zero-order valence-corrected chi connectivity index (χ0v) is 12.3. The lowest BCUT2D eigenvalue weighted by atomic mass is 10.2. The van der Waals surface area contributed by atoms with Crippen LogP contribution in [0.2, 0.25) is 0 Å². The van der Waals surface area contributed by atoms with Crippen molar-refractivity contribution in [2.75, 3.05) is 34.3 Å². The Bertz CT molecular complexity index is 399. The molecular formula is C14H24N2O3. The Hall–Kier alpha value is -1.33. The maximum absolute atomic E-state index is 11.4. The maximum Gasteiger partial charge on any atom is 0.341 e. The zero-order chi connectivity index (χ0) is 14.3. The fourth-order valence-electron chi connectivity index (χ4n) is 1.83. The maximum atomic E-state index is 11.4. The van der Waals surface area contributed by atoms with E-state index in [4.69, 9.17) is 4.42 Å². The van der Waals surface area contributed by atoms with E-state index in [1.54, 1.807) is 13.0 Å². The first-order valence-corrected chi connectivity index (χ1v) is 6.57. The summed E-state index contributed by atoms with van der Waals surface area (Å²) in [4.78, 5) is 13.6. The Morgan fingerprint density at radius 2 is 2.16 bits per heavy atom. The highest BCUT2D eigenvalue weighted by Crippen LogP contribution is 2.15. The molecule has 0 saturated carbocycles. The molecule has 0 spiro atoms. The summed E-state index contributed by atoms with van der Waals surface area (Å²) < 4.78 is 10.2. The van der Waals surface area contributed by atoms with Crippen LogP contribution < -0.4 is 5.32 Å². The van der Waals surface area contributed by atoms with Crippen LogP contribution in [0, 0.1) is 6.92 Å². The molecule has 5 heteroatoms. The third kappa shape index (κ3) is 5.44. The number of furan rings is 1. The van der Waals surface area contributed by atoms with Gasteiger partial charge in [-0.2, -0.15) is 0 Å². The first-order valence-electron chi connectivity index (χ1n) is 6.57. The van der Waals surface area contributed by atoms with Gasteiger partial charge in [-0.05, 0) is 53.0 Å². The van der Waals surface area contributed by atoms with E-state index in [9.17, 15) is 4.79 Å². The van der Waals surface area contributed by atoms with E-state index in [1.807, 2.05) is 0 Å².